The summed E-state index contributed by atoms with van der Waals surface area (Å²) in [5.74, 6) is -0.127. The van der Waals surface area contributed by atoms with Crippen molar-refractivity contribution in [2.24, 2.45) is 0 Å². The summed E-state index contributed by atoms with van der Waals surface area (Å²) in [4.78, 5) is 42.0. The third kappa shape index (κ3) is 6.80. The van der Waals surface area contributed by atoms with Crippen molar-refractivity contribution in [3.05, 3.63) is 88.3 Å². The van der Waals surface area contributed by atoms with Crippen LogP contribution in [0.5, 0.6) is 5.88 Å². The Morgan fingerprint density at radius 3 is 2.62 bits per heavy atom. The predicted octanol–water partition coefficient (Wildman–Crippen LogP) is 6.93. The molecule has 2 aromatic carbocycles. The molecule has 0 bridgehead atoms. The van der Waals surface area contributed by atoms with Gasteiger partial charge in [0.1, 0.15) is 5.52 Å². The first kappa shape index (κ1) is 32.9. The third-order valence-electron chi connectivity index (χ3n) is 8.26. The maximum Gasteiger partial charge on any atom is 0.297 e. The molecular formula is C35H32ClF2N7O3. The van der Waals surface area contributed by atoms with Gasteiger partial charge in [-0.25, -0.2) is 28.7 Å². The van der Waals surface area contributed by atoms with E-state index in [4.69, 9.17) is 21.3 Å². The summed E-state index contributed by atoms with van der Waals surface area (Å²) < 4.78 is 33.1. The number of aldehydes is 1. The van der Waals surface area contributed by atoms with E-state index in [0.717, 1.165) is 41.8 Å². The molecule has 48 heavy (non-hydrogen) atoms. The second-order valence-corrected chi connectivity index (χ2v) is 11.9. The second-order valence-electron chi connectivity index (χ2n) is 11.5. The maximum atomic E-state index is 13.7. The first-order chi connectivity index (χ1) is 23.1. The van der Waals surface area contributed by atoms with Crippen LogP contribution >= 0.6 is 11.6 Å². The van der Waals surface area contributed by atoms with Gasteiger partial charge in [0.2, 0.25) is 11.8 Å². The highest BCUT2D eigenvalue weighted by Crippen LogP contribution is 2.40. The Hall–Kier alpha value is -5.07. The van der Waals surface area contributed by atoms with Crippen molar-refractivity contribution in [2.75, 3.05) is 25.5 Å². The minimum atomic E-state index is -2.92. The number of hydrogen-bond donors (Lipinski definition) is 2. The highest BCUT2D eigenvalue weighted by atomic mass is 35.5. The predicted molar refractivity (Wildman–Crippen MR) is 180 cm³/mol. The average molecular weight is 672 g/mol. The van der Waals surface area contributed by atoms with Crippen molar-refractivity contribution in [1.29, 1.82) is 0 Å². The number of carbonyl (C=O) groups excluding carboxylic acids is 2. The van der Waals surface area contributed by atoms with Gasteiger partial charge in [0, 0.05) is 66.7 Å². The molecule has 0 radical (unpaired) electrons. The summed E-state index contributed by atoms with van der Waals surface area (Å²) in [6.45, 7) is 5.66. The van der Waals surface area contributed by atoms with Crippen molar-refractivity contribution in [3.63, 3.8) is 0 Å². The molecule has 5 aromatic rings. The molecule has 0 spiro atoms. The lowest BCUT2D eigenvalue weighted by molar-refractivity contribution is -0.119. The molecule has 1 amide bonds. The van der Waals surface area contributed by atoms with E-state index in [1.807, 2.05) is 49.4 Å². The van der Waals surface area contributed by atoms with E-state index in [9.17, 15) is 18.4 Å². The SMILES string of the molecule is COc1nc(-c2cccc(-c3cccc(Nc4nc(C(F)F)nc5cc(C=O)cnc45)c3C)c2Cl)ccc1CN1CC[C@@H](NC(C)=O)C1. The van der Waals surface area contributed by atoms with Crippen LogP contribution < -0.4 is 15.4 Å². The highest BCUT2D eigenvalue weighted by Gasteiger charge is 2.25. The van der Waals surface area contributed by atoms with Gasteiger partial charge >= 0.3 is 0 Å². The zero-order valence-corrected chi connectivity index (χ0v) is 27.2. The second kappa shape index (κ2) is 14.0. The number of benzene rings is 2. The van der Waals surface area contributed by atoms with Crippen LogP contribution in [-0.2, 0) is 11.3 Å². The minimum Gasteiger partial charge on any atom is -0.481 e. The summed E-state index contributed by atoms with van der Waals surface area (Å²) in [5.41, 5.74) is 5.80. The van der Waals surface area contributed by atoms with E-state index < -0.39 is 12.2 Å². The van der Waals surface area contributed by atoms with Gasteiger partial charge < -0.3 is 15.4 Å². The van der Waals surface area contributed by atoms with Crippen LogP contribution in [0, 0.1) is 6.92 Å². The van der Waals surface area contributed by atoms with Gasteiger partial charge in [0.15, 0.2) is 17.9 Å². The molecule has 1 aliphatic heterocycles. The number of ether oxygens (including phenoxy) is 1. The van der Waals surface area contributed by atoms with E-state index in [0.29, 0.717) is 40.7 Å². The van der Waals surface area contributed by atoms with E-state index in [-0.39, 0.29) is 34.4 Å². The number of halogens is 3. The monoisotopic (exact) mass is 671 g/mol. The molecule has 3 aromatic heterocycles. The lowest BCUT2D eigenvalue weighted by Crippen LogP contribution is -2.35. The number of alkyl halides is 2. The van der Waals surface area contributed by atoms with Crippen molar-refractivity contribution in [1.82, 2.24) is 30.2 Å². The molecule has 0 aliphatic carbocycles. The van der Waals surface area contributed by atoms with E-state index in [2.05, 4.69) is 30.5 Å². The molecule has 1 saturated heterocycles. The number of hydrogen-bond acceptors (Lipinski definition) is 9. The topological polar surface area (TPSA) is 122 Å². The molecule has 0 saturated carbocycles. The van der Waals surface area contributed by atoms with Crippen LogP contribution in [0.4, 0.5) is 20.3 Å². The zero-order valence-electron chi connectivity index (χ0n) is 26.4. The molecule has 1 aliphatic rings. The van der Waals surface area contributed by atoms with Crippen LogP contribution in [0.2, 0.25) is 5.02 Å². The molecule has 246 valence electrons. The number of amides is 1. The van der Waals surface area contributed by atoms with Gasteiger partial charge in [-0.1, -0.05) is 48.0 Å². The van der Waals surface area contributed by atoms with Gasteiger partial charge in [-0.2, -0.15) is 0 Å². The van der Waals surface area contributed by atoms with Crippen molar-refractivity contribution >= 4 is 46.3 Å². The standard InChI is InChI=1S/C35H32ClF2N7O3/c1-19-24(6-5-9-27(19)41-33-31-29(14-21(18-46)15-39-31)42-34(44-33)32(37)38)25-7-4-8-26(30(25)36)28-11-10-22(35(43-28)48-3)16-45-13-12-23(17-45)40-20(2)47/h4-11,14-15,18,23,32H,12-13,16-17H2,1-3H3,(H,40,47)(H,41,42,44)/t23-/m1/s1. The van der Waals surface area contributed by atoms with Crippen LogP contribution in [0.15, 0.2) is 60.8 Å². The molecule has 10 nitrogen and oxygen atoms in total. The molecule has 0 unspecified atom stereocenters. The summed E-state index contributed by atoms with van der Waals surface area (Å²) in [7, 11) is 1.58. The molecule has 2 N–H and O–H groups in total. The van der Waals surface area contributed by atoms with Crippen LogP contribution in [0.1, 0.15) is 47.1 Å². The Morgan fingerprint density at radius 1 is 1.10 bits per heavy atom. The fourth-order valence-electron chi connectivity index (χ4n) is 5.97. The first-order valence-corrected chi connectivity index (χ1v) is 15.6. The number of fused-ring (bicyclic) bond motifs is 1. The summed E-state index contributed by atoms with van der Waals surface area (Å²) in [6.07, 6.45) is -0.119. The number of anilines is 2. The Kier molecular flexibility index (Phi) is 9.56. The normalized spacial score (nSPS) is 14.8. The highest BCUT2D eigenvalue weighted by molar-refractivity contribution is 6.36. The van der Waals surface area contributed by atoms with Gasteiger partial charge in [-0.3, -0.25) is 14.5 Å². The largest absolute Gasteiger partial charge is 0.481 e. The lowest BCUT2D eigenvalue weighted by atomic mass is 9.96. The Labute approximate surface area is 280 Å². The molecule has 13 heteroatoms. The van der Waals surface area contributed by atoms with E-state index >= 15 is 0 Å². The number of pyridine rings is 2. The van der Waals surface area contributed by atoms with Gasteiger partial charge in [-0.05, 0) is 42.7 Å². The lowest BCUT2D eigenvalue weighted by Gasteiger charge is -2.19. The molecule has 6 rings (SSSR count). The fourth-order valence-corrected chi connectivity index (χ4v) is 6.29. The first-order valence-electron chi connectivity index (χ1n) is 15.3. The van der Waals surface area contributed by atoms with Crippen LogP contribution in [-0.4, -0.2) is 63.3 Å². The van der Waals surface area contributed by atoms with Crippen LogP contribution in [0.25, 0.3) is 33.4 Å². The van der Waals surface area contributed by atoms with Crippen molar-refractivity contribution in [3.8, 4) is 28.3 Å². The fraction of sp³-hybridized carbons (Fsp3) is 0.257. The number of nitrogens with zero attached hydrogens (tertiary/aromatic N) is 5. The smallest absolute Gasteiger partial charge is 0.297 e. The van der Waals surface area contributed by atoms with Gasteiger partial charge in [-0.15, -0.1) is 0 Å². The number of carbonyl (C=O) groups is 2. The molecule has 1 fully saturated rings. The molecular weight excluding hydrogens is 640 g/mol. The average Bonchev–Trinajstić information content (AvgIpc) is 3.51. The molecule has 1 atom stereocenters. The van der Waals surface area contributed by atoms with Crippen molar-refractivity contribution < 1.29 is 23.1 Å². The third-order valence-corrected chi connectivity index (χ3v) is 8.67. The Morgan fingerprint density at radius 2 is 1.88 bits per heavy atom. The van der Waals surface area contributed by atoms with Gasteiger partial charge in [0.05, 0.1) is 23.3 Å². The maximum absolute atomic E-state index is 13.7. The van der Waals surface area contributed by atoms with Crippen molar-refractivity contribution in [2.45, 2.75) is 39.3 Å². The Bertz CT molecular complexity index is 2030. The Balaban J connectivity index is 1.30. The van der Waals surface area contributed by atoms with E-state index in [1.54, 1.807) is 13.2 Å². The van der Waals surface area contributed by atoms with Crippen LogP contribution in [0.3, 0.4) is 0 Å². The van der Waals surface area contributed by atoms with Gasteiger partial charge in [0.25, 0.3) is 6.43 Å². The summed E-state index contributed by atoms with van der Waals surface area (Å²) in [5, 5.41) is 6.62. The number of rotatable bonds is 10. The summed E-state index contributed by atoms with van der Waals surface area (Å²) >= 11 is 7.07. The zero-order chi connectivity index (χ0) is 33.9. The minimum absolute atomic E-state index is 0.0297. The number of aromatic nitrogens is 4. The number of nitrogens with one attached hydrogen (secondary N) is 2. The molecule has 4 heterocycles. The van der Waals surface area contributed by atoms with E-state index in [1.165, 1.54) is 19.2 Å². The number of likely N-dealkylation sites (tertiary alicyclic amines) is 1. The number of methoxy groups -OCH3 is 1. The summed E-state index contributed by atoms with van der Waals surface area (Å²) in [6, 6.07) is 16.7. The quantitative estimate of drug-likeness (QED) is 0.152.